The molecule has 2 N–H and O–H groups in total. The van der Waals surface area contributed by atoms with Crippen molar-refractivity contribution in [1.29, 1.82) is 0 Å². The quantitative estimate of drug-likeness (QED) is 0.801. The molecule has 1 heterocycles. The van der Waals surface area contributed by atoms with Gasteiger partial charge < -0.3 is 10.4 Å². The molecule has 0 amide bonds. The summed E-state index contributed by atoms with van der Waals surface area (Å²) < 4.78 is 0. The van der Waals surface area contributed by atoms with Gasteiger partial charge in [-0.05, 0) is 24.3 Å². The molecule has 2 nitrogen and oxygen atoms in total. The van der Waals surface area contributed by atoms with E-state index in [1.165, 1.54) is 25.7 Å². The van der Waals surface area contributed by atoms with Crippen molar-refractivity contribution >= 4 is 11.3 Å². The van der Waals surface area contributed by atoms with Gasteiger partial charge in [-0.2, -0.15) is 0 Å². The highest BCUT2D eigenvalue weighted by molar-refractivity contribution is 7.10. The minimum Gasteiger partial charge on any atom is -0.386 e. The highest BCUT2D eigenvalue weighted by atomic mass is 32.1. The van der Waals surface area contributed by atoms with Crippen LogP contribution in [0.15, 0.2) is 17.5 Å². The molecule has 1 saturated carbocycles. The first kappa shape index (κ1) is 10.1. The Labute approximate surface area is 89.0 Å². The Morgan fingerprint density at radius 1 is 1.50 bits per heavy atom. The predicted molar refractivity (Wildman–Crippen MR) is 59.5 cm³/mol. The lowest BCUT2D eigenvalue weighted by atomic mass is 10.2. The molecule has 0 aromatic carbocycles. The molecule has 14 heavy (non-hydrogen) atoms. The third kappa shape index (κ3) is 2.56. The second-order valence-corrected chi connectivity index (χ2v) is 4.90. The van der Waals surface area contributed by atoms with Crippen molar-refractivity contribution in [3.63, 3.8) is 0 Å². The van der Waals surface area contributed by atoms with E-state index < -0.39 is 0 Å². The summed E-state index contributed by atoms with van der Waals surface area (Å²) in [6.45, 7) is 0.700. The highest BCUT2D eigenvalue weighted by Crippen LogP contribution is 2.21. The molecule has 0 aliphatic heterocycles. The molecule has 1 aliphatic carbocycles. The van der Waals surface area contributed by atoms with E-state index in [2.05, 4.69) is 5.32 Å². The third-order valence-electron chi connectivity index (χ3n) is 2.83. The van der Waals surface area contributed by atoms with Gasteiger partial charge in [-0.1, -0.05) is 18.9 Å². The Balaban J connectivity index is 1.74. The van der Waals surface area contributed by atoms with Crippen molar-refractivity contribution in [1.82, 2.24) is 5.32 Å². The van der Waals surface area contributed by atoms with Gasteiger partial charge in [0.15, 0.2) is 0 Å². The summed E-state index contributed by atoms with van der Waals surface area (Å²) in [6, 6.07) is 4.62. The molecular formula is C11H17NOS. The second-order valence-electron chi connectivity index (χ2n) is 3.92. The molecule has 1 aliphatic rings. The van der Waals surface area contributed by atoms with E-state index in [1.54, 1.807) is 11.3 Å². The van der Waals surface area contributed by atoms with Crippen molar-refractivity contribution in [3.8, 4) is 0 Å². The fraction of sp³-hybridized carbons (Fsp3) is 0.636. The fourth-order valence-electron chi connectivity index (χ4n) is 1.99. The number of thiophene rings is 1. The topological polar surface area (TPSA) is 32.3 Å². The molecule has 1 fully saturated rings. The standard InChI is InChI=1S/C11H17NOS/c13-10(11-6-3-7-14-11)8-12-9-4-1-2-5-9/h3,6-7,9-10,12-13H,1-2,4-5,8H2. The van der Waals surface area contributed by atoms with E-state index >= 15 is 0 Å². The number of nitrogens with one attached hydrogen (secondary N) is 1. The van der Waals surface area contributed by atoms with Crippen LogP contribution in [0.1, 0.15) is 36.7 Å². The molecule has 1 aromatic heterocycles. The molecule has 0 spiro atoms. The first-order chi connectivity index (χ1) is 6.86. The van der Waals surface area contributed by atoms with Crippen LogP contribution in [0, 0.1) is 0 Å². The lowest BCUT2D eigenvalue weighted by Crippen LogP contribution is -2.30. The lowest BCUT2D eigenvalue weighted by Gasteiger charge is -2.14. The van der Waals surface area contributed by atoms with Crippen LogP contribution in [0.5, 0.6) is 0 Å². The van der Waals surface area contributed by atoms with Crippen molar-refractivity contribution < 1.29 is 5.11 Å². The maximum atomic E-state index is 9.82. The zero-order valence-corrected chi connectivity index (χ0v) is 9.09. The molecule has 1 atom stereocenters. The summed E-state index contributed by atoms with van der Waals surface area (Å²) in [6.07, 6.45) is 4.91. The summed E-state index contributed by atoms with van der Waals surface area (Å²) in [5.74, 6) is 0. The first-order valence-corrected chi connectivity index (χ1v) is 6.19. The van der Waals surface area contributed by atoms with Gasteiger partial charge in [0.05, 0.1) is 0 Å². The highest BCUT2D eigenvalue weighted by Gasteiger charge is 2.16. The van der Waals surface area contributed by atoms with E-state index in [-0.39, 0.29) is 6.10 Å². The molecular weight excluding hydrogens is 194 g/mol. The fourth-order valence-corrected chi connectivity index (χ4v) is 2.70. The van der Waals surface area contributed by atoms with Crippen LogP contribution in [0.25, 0.3) is 0 Å². The number of rotatable bonds is 4. The summed E-state index contributed by atoms with van der Waals surface area (Å²) >= 11 is 1.62. The van der Waals surface area contributed by atoms with Crippen molar-refractivity contribution in [2.24, 2.45) is 0 Å². The van der Waals surface area contributed by atoms with Gasteiger partial charge in [-0.3, -0.25) is 0 Å². The maximum absolute atomic E-state index is 9.82. The maximum Gasteiger partial charge on any atom is 0.101 e. The van der Waals surface area contributed by atoms with Gasteiger partial charge in [-0.15, -0.1) is 11.3 Å². The average molecular weight is 211 g/mol. The molecule has 1 unspecified atom stereocenters. The average Bonchev–Trinajstić information content (AvgIpc) is 2.87. The van der Waals surface area contributed by atoms with E-state index in [9.17, 15) is 5.11 Å². The number of aliphatic hydroxyl groups is 1. The van der Waals surface area contributed by atoms with Crippen LogP contribution in [0.3, 0.4) is 0 Å². The van der Waals surface area contributed by atoms with Crippen molar-refractivity contribution in [2.45, 2.75) is 37.8 Å². The molecule has 3 heteroatoms. The molecule has 0 radical (unpaired) electrons. The minimum absolute atomic E-state index is 0.324. The van der Waals surface area contributed by atoms with Gasteiger partial charge in [0.2, 0.25) is 0 Å². The van der Waals surface area contributed by atoms with Crippen LogP contribution in [-0.2, 0) is 0 Å². The molecule has 0 saturated heterocycles. The van der Waals surface area contributed by atoms with Gasteiger partial charge >= 0.3 is 0 Å². The SMILES string of the molecule is OC(CNC1CCCC1)c1cccs1. The van der Waals surface area contributed by atoms with Gasteiger partial charge in [0, 0.05) is 17.5 Å². The van der Waals surface area contributed by atoms with Crippen LogP contribution in [0.4, 0.5) is 0 Å². The summed E-state index contributed by atoms with van der Waals surface area (Å²) in [5, 5.41) is 15.3. The van der Waals surface area contributed by atoms with Crippen molar-refractivity contribution in [3.05, 3.63) is 22.4 Å². The van der Waals surface area contributed by atoms with Gasteiger partial charge in [-0.25, -0.2) is 0 Å². The largest absolute Gasteiger partial charge is 0.386 e. The van der Waals surface area contributed by atoms with Crippen LogP contribution in [0.2, 0.25) is 0 Å². The minimum atomic E-state index is -0.324. The van der Waals surface area contributed by atoms with E-state index in [0.29, 0.717) is 12.6 Å². The molecule has 78 valence electrons. The first-order valence-electron chi connectivity index (χ1n) is 5.31. The smallest absolute Gasteiger partial charge is 0.101 e. The molecule has 2 rings (SSSR count). The van der Waals surface area contributed by atoms with Crippen LogP contribution in [-0.4, -0.2) is 17.7 Å². The Kier molecular flexibility index (Phi) is 3.56. The van der Waals surface area contributed by atoms with Crippen molar-refractivity contribution in [2.75, 3.05) is 6.54 Å². The van der Waals surface area contributed by atoms with E-state index in [1.807, 2.05) is 17.5 Å². The third-order valence-corrected chi connectivity index (χ3v) is 3.80. The normalized spacial score (nSPS) is 20.1. The number of aliphatic hydroxyl groups excluding tert-OH is 1. The molecule has 1 aromatic rings. The Hall–Kier alpha value is -0.380. The Morgan fingerprint density at radius 2 is 2.29 bits per heavy atom. The van der Waals surface area contributed by atoms with Crippen LogP contribution < -0.4 is 5.32 Å². The van der Waals surface area contributed by atoms with Gasteiger partial charge in [0.1, 0.15) is 6.10 Å². The Bertz CT molecular complexity index is 254. The summed E-state index contributed by atoms with van der Waals surface area (Å²) in [7, 11) is 0. The number of hydrogen-bond acceptors (Lipinski definition) is 3. The number of hydrogen-bond donors (Lipinski definition) is 2. The zero-order valence-electron chi connectivity index (χ0n) is 8.28. The Morgan fingerprint density at radius 3 is 2.93 bits per heavy atom. The van der Waals surface area contributed by atoms with E-state index in [4.69, 9.17) is 0 Å². The second kappa shape index (κ2) is 4.91. The van der Waals surface area contributed by atoms with Crippen LogP contribution >= 0.6 is 11.3 Å². The predicted octanol–water partition coefficient (Wildman–Crippen LogP) is 2.31. The van der Waals surface area contributed by atoms with Gasteiger partial charge in [0.25, 0.3) is 0 Å². The monoisotopic (exact) mass is 211 g/mol. The van der Waals surface area contributed by atoms with E-state index in [0.717, 1.165) is 4.88 Å². The molecule has 0 bridgehead atoms. The summed E-state index contributed by atoms with van der Waals surface area (Å²) in [5.41, 5.74) is 0. The lowest BCUT2D eigenvalue weighted by molar-refractivity contribution is 0.173. The summed E-state index contributed by atoms with van der Waals surface area (Å²) in [4.78, 5) is 1.07. The zero-order chi connectivity index (χ0) is 9.80.